The Morgan fingerprint density at radius 3 is 2.75 bits per heavy atom. The van der Waals surface area contributed by atoms with E-state index in [1.54, 1.807) is 0 Å². The lowest BCUT2D eigenvalue weighted by Crippen LogP contribution is -2.30. The number of nitrogens with zero attached hydrogens (tertiary/aromatic N) is 2. The van der Waals surface area contributed by atoms with Crippen molar-refractivity contribution in [1.82, 2.24) is 9.88 Å². The van der Waals surface area contributed by atoms with Crippen molar-refractivity contribution in [2.75, 3.05) is 11.9 Å². The van der Waals surface area contributed by atoms with Crippen LogP contribution in [0.5, 0.6) is 0 Å². The van der Waals surface area contributed by atoms with Crippen LogP contribution in [0.25, 0.3) is 0 Å². The van der Waals surface area contributed by atoms with E-state index in [0.717, 1.165) is 42.8 Å². The Balaban J connectivity index is 1.74. The maximum atomic E-state index is 12.8. The van der Waals surface area contributed by atoms with Crippen LogP contribution in [-0.4, -0.2) is 28.4 Å². The van der Waals surface area contributed by atoms with Crippen LogP contribution in [0.3, 0.4) is 0 Å². The maximum Gasteiger partial charge on any atom is 0.254 e. The third-order valence-electron chi connectivity index (χ3n) is 4.71. The minimum atomic E-state index is 0.111. The van der Waals surface area contributed by atoms with Crippen molar-refractivity contribution in [3.63, 3.8) is 0 Å². The fourth-order valence-electron chi connectivity index (χ4n) is 3.15. The summed E-state index contributed by atoms with van der Waals surface area (Å²) in [6, 6.07) is 14.2. The molecule has 1 aliphatic heterocycles. The van der Waals surface area contributed by atoms with E-state index < -0.39 is 0 Å². The van der Waals surface area contributed by atoms with Crippen LogP contribution in [-0.2, 0) is 0 Å². The Labute approximate surface area is 143 Å². The summed E-state index contributed by atoms with van der Waals surface area (Å²) in [5, 5.41) is 3.38. The molecular formula is C20H25N3O. The fraction of sp³-hybridized carbons (Fsp3) is 0.400. The lowest BCUT2D eigenvalue weighted by atomic mass is 10.1. The van der Waals surface area contributed by atoms with Crippen molar-refractivity contribution in [3.8, 4) is 0 Å². The normalized spacial score (nSPS) is 18.4. The standard InChI is InChI=1S/C20H25N3O/c1-3-15(2)22-19-12-11-17(14-21-19)18-10-7-13-23(18)20(24)16-8-5-4-6-9-16/h4-6,8-9,11-12,14-15,18H,3,7,10,13H2,1-2H3,(H,21,22)/t15-,18+/m0/s1. The molecule has 126 valence electrons. The minimum Gasteiger partial charge on any atom is -0.368 e. The first-order valence-corrected chi connectivity index (χ1v) is 8.77. The number of rotatable bonds is 5. The van der Waals surface area contributed by atoms with Crippen molar-refractivity contribution in [1.29, 1.82) is 0 Å². The predicted octanol–water partition coefficient (Wildman–Crippen LogP) is 4.27. The first kappa shape index (κ1) is 16.5. The third-order valence-corrected chi connectivity index (χ3v) is 4.71. The molecule has 2 heterocycles. The number of amides is 1. The van der Waals surface area contributed by atoms with Crippen LogP contribution in [0.4, 0.5) is 5.82 Å². The SMILES string of the molecule is CC[C@H](C)Nc1ccc([C@H]2CCCN2C(=O)c2ccccc2)cn1. The Morgan fingerprint density at radius 2 is 2.08 bits per heavy atom. The van der Waals surface area contributed by atoms with Gasteiger partial charge in [0.15, 0.2) is 0 Å². The molecule has 1 aromatic carbocycles. The quantitative estimate of drug-likeness (QED) is 0.894. The van der Waals surface area contributed by atoms with Crippen molar-refractivity contribution in [2.45, 2.75) is 45.2 Å². The maximum absolute atomic E-state index is 12.8. The molecule has 4 heteroatoms. The number of pyridine rings is 1. The Hall–Kier alpha value is -2.36. The molecule has 0 spiro atoms. The van der Waals surface area contributed by atoms with Crippen LogP contribution < -0.4 is 5.32 Å². The zero-order chi connectivity index (χ0) is 16.9. The Morgan fingerprint density at radius 1 is 1.29 bits per heavy atom. The lowest BCUT2D eigenvalue weighted by molar-refractivity contribution is 0.0735. The van der Waals surface area contributed by atoms with Crippen molar-refractivity contribution >= 4 is 11.7 Å². The number of benzene rings is 1. The molecule has 1 fully saturated rings. The summed E-state index contributed by atoms with van der Waals surface area (Å²) in [5.74, 6) is 1.01. The van der Waals surface area contributed by atoms with Gasteiger partial charge in [-0.25, -0.2) is 4.98 Å². The van der Waals surface area contributed by atoms with Crippen LogP contribution in [0.15, 0.2) is 48.7 Å². The summed E-state index contributed by atoms with van der Waals surface area (Å²) < 4.78 is 0. The first-order chi connectivity index (χ1) is 11.7. The average molecular weight is 323 g/mol. The molecular weight excluding hydrogens is 298 g/mol. The highest BCUT2D eigenvalue weighted by atomic mass is 16.2. The van der Waals surface area contributed by atoms with Gasteiger partial charge in [-0.15, -0.1) is 0 Å². The van der Waals surface area contributed by atoms with Crippen LogP contribution in [0.2, 0.25) is 0 Å². The van der Waals surface area contributed by atoms with Crippen LogP contribution >= 0.6 is 0 Å². The van der Waals surface area contributed by atoms with E-state index in [-0.39, 0.29) is 11.9 Å². The minimum absolute atomic E-state index is 0.111. The topological polar surface area (TPSA) is 45.2 Å². The van der Waals surface area contributed by atoms with Gasteiger partial charge in [0.2, 0.25) is 0 Å². The number of anilines is 1. The fourth-order valence-corrected chi connectivity index (χ4v) is 3.15. The highest BCUT2D eigenvalue weighted by molar-refractivity contribution is 5.94. The number of hydrogen-bond acceptors (Lipinski definition) is 3. The molecule has 1 N–H and O–H groups in total. The first-order valence-electron chi connectivity index (χ1n) is 8.77. The molecule has 3 rings (SSSR count). The largest absolute Gasteiger partial charge is 0.368 e. The second-order valence-corrected chi connectivity index (χ2v) is 6.45. The molecule has 0 saturated carbocycles. The van der Waals surface area contributed by atoms with Gasteiger partial charge in [-0.2, -0.15) is 0 Å². The molecule has 0 radical (unpaired) electrons. The van der Waals surface area contributed by atoms with E-state index in [9.17, 15) is 4.79 Å². The summed E-state index contributed by atoms with van der Waals surface area (Å²) in [6.07, 6.45) is 5.01. The summed E-state index contributed by atoms with van der Waals surface area (Å²) >= 11 is 0. The summed E-state index contributed by atoms with van der Waals surface area (Å²) in [4.78, 5) is 19.3. The van der Waals surface area contributed by atoms with E-state index in [1.165, 1.54) is 0 Å². The molecule has 4 nitrogen and oxygen atoms in total. The zero-order valence-corrected chi connectivity index (χ0v) is 14.4. The van der Waals surface area contributed by atoms with Gasteiger partial charge in [0.05, 0.1) is 6.04 Å². The smallest absolute Gasteiger partial charge is 0.254 e. The van der Waals surface area contributed by atoms with E-state index in [2.05, 4.69) is 30.2 Å². The van der Waals surface area contributed by atoms with Crippen molar-refractivity contribution in [2.24, 2.45) is 0 Å². The highest BCUT2D eigenvalue weighted by Gasteiger charge is 2.30. The lowest BCUT2D eigenvalue weighted by Gasteiger charge is -2.25. The molecule has 1 amide bonds. The third kappa shape index (κ3) is 3.58. The molecule has 1 saturated heterocycles. The number of hydrogen-bond donors (Lipinski definition) is 1. The molecule has 24 heavy (non-hydrogen) atoms. The molecule has 2 aromatic rings. The number of likely N-dealkylation sites (tertiary alicyclic amines) is 1. The van der Waals surface area contributed by atoms with Gasteiger partial charge in [0.25, 0.3) is 5.91 Å². The Bertz CT molecular complexity index is 669. The Kier molecular flexibility index (Phi) is 5.14. The number of nitrogens with one attached hydrogen (secondary N) is 1. The van der Waals surface area contributed by atoms with Gasteiger partial charge in [0.1, 0.15) is 5.82 Å². The molecule has 0 bridgehead atoms. The van der Waals surface area contributed by atoms with E-state index >= 15 is 0 Å². The molecule has 0 unspecified atom stereocenters. The van der Waals surface area contributed by atoms with Gasteiger partial charge in [-0.1, -0.05) is 31.2 Å². The predicted molar refractivity (Wildman–Crippen MR) is 97.1 cm³/mol. The molecule has 2 atom stereocenters. The van der Waals surface area contributed by atoms with E-state index in [4.69, 9.17) is 0 Å². The van der Waals surface area contributed by atoms with Gasteiger partial charge in [0, 0.05) is 24.3 Å². The summed E-state index contributed by atoms with van der Waals surface area (Å²) in [6.45, 7) is 5.11. The molecule has 0 aliphatic carbocycles. The van der Waals surface area contributed by atoms with Crippen molar-refractivity contribution < 1.29 is 4.79 Å². The van der Waals surface area contributed by atoms with Crippen LogP contribution in [0, 0.1) is 0 Å². The second-order valence-electron chi connectivity index (χ2n) is 6.45. The molecule has 1 aromatic heterocycles. The van der Waals surface area contributed by atoms with Gasteiger partial charge in [-0.3, -0.25) is 4.79 Å². The summed E-state index contributed by atoms with van der Waals surface area (Å²) in [5.41, 5.74) is 1.87. The number of aromatic nitrogens is 1. The van der Waals surface area contributed by atoms with Gasteiger partial charge < -0.3 is 10.2 Å². The summed E-state index contributed by atoms with van der Waals surface area (Å²) in [7, 11) is 0. The second kappa shape index (κ2) is 7.47. The van der Waals surface area contributed by atoms with E-state index in [0.29, 0.717) is 6.04 Å². The number of carbonyl (C=O) groups is 1. The van der Waals surface area contributed by atoms with Crippen molar-refractivity contribution in [3.05, 3.63) is 59.8 Å². The number of carbonyl (C=O) groups excluding carboxylic acids is 1. The van der Waals surface area contributed by atoms with Gasteiger partial charge in [-0.05, 0) is 49.9 Å². The monoisotopic (exact) mass is 323 g/mol. The van der Waals surface area contributed by atoms with E-state index in [1.807, 2.05) is 47.5 Å². The zero-order valence-electron chi connectivity index (χ0n) is 14.4. The molecule has 1 aliphatic rings. The average Bonchev–Trinajstić information content (AvgIpc) is 3.12. The highest BCUT2D eigenvalue weighted by Crippen LogP contribution is 2.33. The van der Waals surface area contributed by atoms with Gasteiger partial charge >= 0.3 is 0 Å². The van der Waals surface area contributed by atoms with Crippen LogP contribution in [0.1, 0.15) is 55.1 Å².